The van der Waals surface area contributed by atoms with Crippen molar-refractivity contribution >= 4 is 22.6 Å². The van der Waals surface area contributed by atoms with Crippen LogP contribution < -0.4 is 4.90 Å². The van der Waals surface area contributed by atoms with Gasteiger partial charge in [0.1, 0.15) is 5.69 Å². The van der Waals surface area contributed by atoms with Gasteiger partial charge in [0.2, 0.25) is 5.60 Å². The number of cyclic esters (lactones) is 1. The molecule has 0 N–H and O–H groups in total. The van der Waals surface area contributed by atoms with Crippen molar-refractivity contribution in [1.29, 1.82) is 0 Å². The molecule has 168 valence electrons. The molecule has 5 heteroatoms. The fourth-order valence-corrected chi connectivity index (χ4v) is 5.37. The van der Waals surface area contributed by atoms with Crippen LogP contribution in [0.25, 0.3) is 10.9 Å². The van der Waals surface area contributed by atoms with E-state index in [1.807, 2.05) is 18.2 Å². The van der Waals surface area contributed by atoms with Crippen molar-refractivity contribution in [3.05, 3.63) is 94.4 Å². The van der Waals surface area contributed by atoms with E-state index in [0.717, 1.165) is 52.1 Å². The fourth-order valence-electron chi connectivity index (χ4n) is 5.37. The average molecular weight is 440 g/mol. The molecule has 4 aromatic rings. The Morgan fingerprint density at radius 3 is 2.52 bits per heavy atom. The Morgan fingerprint density at radius 1 is 1.03 bits per heavy atom. The van der Waals surface area contributed by atoms with Crippen LogP contribution in [-0.4, -0.2) is 28.6 Å². The lowest BCUT2D eigenvalue weighted by atomic mass is 9.79. The number of aromatic nitrogens is 2. The van der Waals surface area contributed by atoms with Crippen molar-refractivity contribution in [1.82, 2.24) is 9.55 Å². The average Bonchev–Trinajstić information content (AvgIpc) is 3.26. The monoisotopic (exact) mass is 439 g/mol. The van der Waals surface area contributed by atoms with Gasteiger partial charge in [-0.2, -0.15) is 0 Å². The summed E-state index contributed by atoms with van der Waals surface area (Å²) in [7, 11) is 2.06. The second kappa shape index (κ2) is 7.77. The third-order valence-corrected chi connectivity index (χ3v) is 7.08. The van der Waals surface area contributed by atoms with E-state index < -0.39 is 5.60 Å². The van der Waals surface area contributed by atoms with Gasteiger partial charge in [0.05, 0.1) is 5.56 Å². The van der Waals surface area contributed by atoms with Crippen molar-refractivity contribution in [2.45, 2.75) is 33.3 Å². The molecular weight excluding hydrogens is 410 g/mol. The van der Waals surface area contributed by atoms with Gasteiger partial charge in [0.25, 0.3) is 0 Å². The van der Waals surface area contributed by atoms with Crippen molar-refractivity contribution in [2.75, 3.05) is 18.0 Å². The first kappa shape index (κ1) is 21.3. The summed E-state index contributed by atoms with van der Waals surface area (Å²) in [5.74, 6) is -0.336. The molecule has 2 aromatic carbocycles. The van der Waals surface area contributed by atoms with Gasteiger partial charge < -0.3 is 14.2 Å². The largest absolute Gasteiger partial charge is 0.439 e. The lowest BCUT2D eigenvalue weighted by Gasteiger charge is -2.32. The number of esters is 1. The molecule has 33 heavy (non-hydrogen) atoms. The van der Waals surface area contributed by atoms with Gasteiger partial charge in [0, 0.05) is 59.7 Å². The van der Waals surface area contributed by atoms with Crippen LogP contribution in [0.2, 0.25) is 0 Å². The summed E-state index contributed by atoms with van der Waals surface area (Å²) in [5, 5.41) is 1.07. The zero-order chi connectivity index (χ0) is 23.3. The van der Waals surface area contributed by atoms with Crippen LogP contribution in [0.15, 0.2) is 60.8 Å². The highest BCUT2D eigenvalue weighted by Gasteiger charge is 2.53. The van der Waals surface area contributed by atoms with E-state index in [9.17, 15) is 4.79 Å². The Bertz CT molecular complexity index is 1380. The number of anilines is 1. The van der Waals surface area contributed by atoms with Crippen molar-refractivity contribution in [3.8, 4) is 0 Å². The van der Waals surface area contributed by atoms with Crippen LogP contribution in [0.1, 0.15) is 52.3 Å². The lowest BCUT2D eigenvalue weighted by molar-refractivity contribution is 0.0244. The van der Waals surface area contributed by atoms with Gasteiger partial charge in [-0.3, -0.25) is 4.98 Å². The SMILES string of the molecule is CCN(CC)c1ccc(C2(c3c(C)n(C)c4ccccc34)OC(=O)c3cccnc32)c(C)c1. The molecule has 0 fully saturated rings. The van der Waals surface area contributed by atoms with Crippen molar-refractivity contribution in [3.63, 3.8) is 0 Å². The van der Waals surface area contributed by atoms with Crippen LogP contribution in [0.4, 0.5) is 5.69 Å². The highest BCUT2D eigenvalue weighted by atomic mass is 16.6. The minimum absolute atomic E-state index is 0.336. The molecule has 5 rings (SSSR count). The van der Waals surface area contributed by atoms with Gasteiger partial charge in [-0.1, -0.05) is 24.3 Å². The molecule has 1 atom stereocenters. The Labute approximate surface area is 194 Å². The molecule has 0 spiro atoms. The first-order valence-corrected chi connectivity index (χ1v) is 11.5. The molecule has 1 unspecified atom stereocenters. The maximum absolute atomic E-state index is 13.2. The third-order valence-electron chi connectivity index (χ3n) is 7.08. The second-order valence-corrected chi connectivity index (χ2v) is 8.68. The summed E-state index contributed by atoms with van der Waals surface area (Å²) in [4.78, 5) is 20.2. The number of carbonyl (C=O) groups is 1. The van der Waals surface area contributed by atoms with E-state index >= 15 is 0 Å². The predicted molar refractivity (Wildman–Crippen MR) is 132 cm³/mol. The minimum Gasteiger partial charge on any atom is -0.439 e. The highest BCUT2D eigenvalue weighted by molar-refractivity contribution is 5.98. The molecule has 0 saturated carbocycles. The van der Waals surface area contributed by atoms with Gasteiger partial charge >= 0.3 is 5.97 Å². The fraction of sp³-hybridized carbons (Fsp3) is 0.286. The quantitative estimate of drug-likeness (QED) is 0.385. The summed E-state index contributed by atoms with van der Waals surface area (Å²) in [6.45, 7) is 10.4. The number of benzene rings is 2. The van der Waals surface area contributed by atoms with Crippen LogP contribution >= 0.6 is 0 Å². The second-order valence-electron chi connectivity index (χ2n) is 8.68. The van der Waals surface area contributed by atoms with Gasteiger partial charge in [-0.15, -0.1) is 0 Å². The maximum Gasteiger partial charge on any atom is 0.341 e. The zero-order valence-corrected chi connectivity index (χ0v) is 19.8. The van der Waals surface area contributed by atoms with Gasteiger partial charge in [-0.25, -0.2) is 4.79 Å². The number of nitrogens with zero attached hydrogens (tertiary/aromatic N) is 3. The molecule has 0 bridgehead atoms. The number of hydrogen-bond acceptors (Lipinski definition) is 4. The molecule has 3 heterocycles. The zero-order valence-electron chi connectivity index (χ0n) is 19.8. The highest BCUT2D eigenvalue weighted by Crippen LogP contribution is 2.51. The van der Waals surface area contributed by atoms with Crippen molar-refractivity contribution in [2.24, 2.45) is 7.05 Å². The van der Waals surface area contributed by atoms with E-state index in [1.54, 1.807) is 12.3 Å². The maximum atomic E-state index is 13.2. The van der Waals surface area contributed by atoms with E-state index in [1.165, 1.54) is 0 Å². The lowest BCUT2D eigenvalue weighted by Crippen LogP contribution is -2.32. The number of carbonyl (C=O) groups excluding carboxylic acids is 1. The summed E-state index contributed by atoms with van der Waals surface area (Å²) in [5.41, 5.74) is 6.38. The number of rotatable bonds is 5. The number of pyridine rings is 1. The molecule has 0 radical (unpaired) electrons. The van der Waals surface area contributed by atoms with E-state index in [-0.39, 0.29) is 5.97 Å². The number of fused-ring (bicyclic) bond motifs is 2. The first-order chi connectivity index (χ1) is 15.9. The van der Waals surface area contributed by atoms with E-state index in [2.05, 4.69) is 74.5 Å². The predicted octanol–water partition coefficient (Wildman–Crippen LogP) is 5.50. The number of aryl methyl sites for hydroxylation is 2. The molecule has 1 aliphatic rings. The Morgan fingerprint density at radius 2 is 1.79 bits per heavy atom. The molecule has 1 aliphatic heterocycles. The van der Waals surface area contributed by atoms with Crippen molar-refractivity contribution < 1.29 is 9.53 Å². The van der Waals surface area contributed by atoms with Crippen LogP contribution in [-0.2, 0) is 17.4 Å². The minimum atomic E-state index is -1.11. The van der Waals surface area contributed by atoms with Gasteiger partial charge in [-0.05, 0) is 63.6 Å². The van der Waals surface area contributed by atoms with Crippen LogP contribution in [0.5, 0.6) is 0 Å². The molecule has 5 nitrogen and oxygen atoms in total. The first-order valence-electron chi connectivity index (χ1n) is 11.5. The summed E-state index contributed by atoms with van der Waals surface area (Å²) in [6, 6.07) is 18.3. The Kier molecular flexibility index (Phi) is 5.00. The summed E-state index contributed by atoms with van der Waals surface area (Å²) in [6.07, 6.45) is 1.75. The Balaban J connectivity index is 1.87. The molecule has 2 aromatic heterocycles. The normalized spacial score (nSPS) is 17.3. The summed E-state index contributed by atoms with van der Waals surface area (Å²) < 4.78 is 8.57. The van der Waals surface area contributed by atoms with Crippen LogP contribution in [0.3, 0.4) is 0 Å². The summed E-state index contributed by atoms with van der Waals surface area (Å²) >= 11 is 0. The molecule has 0 aliphatic carbocycles. The van der Waals surface area contributed by atoms with E-state index in [0.29, 0.717) is 11.3 Å². The number of para-hydroxylation sites is 1. The Hall–Kier alpha value is -3.60. The number of ether oxygens (including phenoxy) is 1. The molecule has 0 amide bonds. The van der Waals surface area contributed by atoms with Gasteiger partial charge in [0.15, 0.2) is 0 Å². The van der Waals surface area contributed by atoms with Crippen LogP contribution in [0, 0.1) is 13.8 Å². The van der Waals surface area contributed by atoms with E-state index in [4.69, 9.17) is 9.72 Å². The smallest absolute Gasteiger partial charge is 0.341 e. The molecule has 0 saturated heterocycles. The topological polar surface area (TPSA) is 47.4 Å². The third kappa shape index (κ3) is 2.92. The molecular formula is C28H29N3O2. The number of hydrogen-bond donors (Lipinski definition) is 0. The standard InChI is InChI=1S/C28H29N3O2/c1-6-31(7-2)20-14-15-23(18(3)17-20)28(26-22(27(32)33-28)12-10-16-29-26)25-19(4)30(5)24-13-9-8-11-21(24)25/h8-17H,6-7H2,1-5H3.